The molecule has 1 amide bonds. The van der Waals surface area contributed by atoms with E-state index in [1.165, 1.54) is 13.3 Å². The number of benzene rings is 1. The number of nitrogens with zero attached hydrogens (tertiary/aromatic N) is 3. The fraction of sp³-hybridized carbons (Fsp3) is 0.474. The maximum absolute atomic E-state index is 13.4. The molecule has 1 aromatic heterocycles. The number of carbonyl (C=O) groups is 1. The number of hydrogen-bond acceptors (Lipinski definition) is 5. The summed E-state index contributed by atoms with van der Waals surface area (Å²) in [5.74, 6) is 0. The molecule has 0 fully saturated rings. The molecule has 0 saturated carbocycles. The van der Waals surface area contributed by atoms with Gasteiger partial charge in [0.1, 0.15) is 0 Å². The maximum Gasteiger partial charge on any atom is 0.344 e. The minimum absolute atomic E-state index is 0.0490. The van der Waals surface area contributed by atoms with E-state index in [1.54, 1.807) is 24.0 Å². The second kappa shape index (κ2) is 8.67. The Bertz CT molecular complexity index is 915. The largest absolute Gasteiger partial charge is 0.380 e. The molecule has 0 bridgehead atoms. The van der Waals surface area contributed by atoms with E-state index in [2.05, 4.69) is 5.10 Å². The zero-order valence-corrected chi connectivity index (χ0v) is 17.3. The van der Waals surface area contributed by atoms with Crippen LogP contribution in [0.2, 0.25) is 0 Å². The fourth-order valence-electron chi connectivity index (χ4n) is 3.08. The summed E-state index contributed by atoms with van der Waals surface area (Å²) in [7, 11) is -2.42. The Morgan fingerprint density at radius 3 is 2.41 bits per heavy atom. The summed E-state index contributed by atoms with van der Waals surface area (Å²) >= 11 is 0. The van der Waals surface area contributed by atoms with Gasteiger partial charge in [-0.1, -0.05) is 25.1 Å². The first kappa shape index (κ1) is 21.1. The van der Waals surface area contributed by atoms with Crippen LogP contribution in [0.25, 0.3) is 0 Å². The third-order valence-corrected chi connectivity index (χ3v) is 6.45. The molecule has 2 aromatic rings. The highest BCUT2D eigenvalue weighted by molar-refractivity contribution is 7.91. The van der Waals surface area contributed by atoms with Crippen LogP contribution < -0.4 is 0 Å². The van der Waals surface area contributed by atoms with Crippen molar-refractivity contribution in [1.29, 1.82) is 0 Å². The van der Waals surface area contributed by atoms with Crippen LogP contribution >= 0.6 is 0 Å². The van der Waals surface area contributed by atoms with E-state index in [1.807, 2.05) is 26.8 Å². The van der Waals surface area contributed by atoms with Crippen molar-refractivity contribution in [3.8, 4) is 0 Å². The van der Waals surface area contributed by atoms with Crippen LogP contribution in [-0.2, 0) is 27.6 Å². The van der Waals surface area contributed by atoms with E-state index in [4.69, 9.17) is 4.74 Å². The Kier molecular flexibility index (Phi) is 6.78. The lowest BCUT2D eigenvalue weighted by atomic mass is 10.1. The molecule has 0 spiro atoms. The Labute approximate surface area is 160 Å². The van der Waals surface area contributed by atoms with E-state index < -0.39 is 9.84 Å². The van der Waals surface area contributed by atoms with Crippen molar-refractivity contribution in [3.05, 3.63) is 41.1 Å². The third-order valence-electron chi connectivity index (χ3n) is 4.48. The zero-order chi connectivity index (χ0) is 20.2. The molecule has 27 heavy (non-hydrogen) atoms. The summed E-state index contributed by atoms with van der Waals surface area (Å²) in [5.41, 5.74) is 1.74. The standard InChI is InChI=1S/C19H27N3O4S/c1-6-15-11-9-10-14(4)17(15)27(24,25)18-16(13-26-5)12-22(20-18)19(23)21(7-2)8-3/h9-12H,6-8,13H2,1-5H3. The van der Waals surface area contributed by atoms with Crippen molar-refractivity contribution in [2.75, 3.05) is 20.2 Å². The number of carbonyl (C=O) groups excluding carboxylic acids is 1. The molecule has 0 radical (unpaired) electrons. The van der Waals surface area contributed by atoms with E-state index in [0.717, 1.165) is 10.2 Å². The number of methoxy groups -OCH3 is 1. The summed E-state index contributed by atoms with van der Waals surface area (Å²) in [6.07, 6.45) is 2.02. The Balaban J connectivity index is 2.65. The van der Waals surface area contributed by atoms with Gasteiger partial charge in [0.05, 0.1) is 11.5 Å². The number of amides is 1. The van der Waals surface area contributed by atoms with Crippen LogP contribution in [0.1, 0.15) is 37.5 Å². The normalized spacial score (nSPS) is 11.6. The highest BCUT2D eigenvalue weighted by Crippen LogP contribution is 2.29. The van der Waals surface area contributed by atoms with Crippen LogP contribution in [-0.4, -0.2) is 49.3 Å². The van der Waals surface area contributed by atoms with Gasteiger partial charge in [0.25, 0.3) is 0 Å². The van der Waals surface area contributed by atoms with Gasteiger partial charge < -0.3 is 9.64 Å². The van der Waals surface area contributed by atoms with Crippen LogP contribution in [0, 0.1) is 6.92 Å². The molecule has 0 N–H and O–H groups in total. The molecular weight excluding hydrogens is 366 g/mol. The van der Waals surface area contributed by atoms with Gasteiger partial charge in [-0.15, -0.1) is 0 Å². The Morgan fingerprint density at radius 1 is 1.19 bits per heavy atom. The van der Waals surface area contributed by atoms with Gasteiger partial charge in [0, 0.05) is 32.0 Å². The molecule has 0 atom stereocenters. The SMILES string of the molecule is CCc1cccc(C)c1S(=O)(=O)c1nn(C(=O)N(CC)CC)cc1COC. The average molecular weight is 394 g/mol. The van der Waals surface area contributed by atoms with Gasteiger partial charge >= 0.3 is 6.03 Å². The van der Waals surface area contributed by atoms with E-state index >= 15 is 0 Å². The molecule has 0 aliphatic carbocycles. The maximum atomic E-state index is 13.4. The van der Waals surface area contributed by atoms with E-state index in [0.29, 0.717) is 30.6 Å². The molecular formula is C19H27N3O4S. The molecule has 1 aromatic carbocycles. The zero-order valence-electron chi connectivity index (χ0n) is 16.5. The van der Waals surface area contributed by atoms with Crippen molar-refractivity contribution in [1.82, 2.24) is 14.7 Å². The summed E-state index contributed by atoms with van der Waals surface area (Å²) in [5, 5.41) is 4.04. The molecule has 0 saturated heterocycles. The molecule has 8 heteroatoms. The lowest BCUT2D eigenvalue weighted by molar-refractivity contribution is 0.182. The van der Waals surface area contributed by atoms with Gasteiger partial charge in [-0.3, -0.25) is 0 Å². The first-order valence-electron chi connectivity index (χ1n) is 9.02. The van der Waals surface area contributed by atoms with Crippen molar-refractivity contribution in [3.63, 3.8) is 0 Å². The van der Waals surface area contributed by atoms with Crippen molar-refractivity contribution < 1.29 is 17.9 Å². The number of ether oxygens (including phenoxy) is 1. The summed E-state index contributed by atoms with van der Waals surface area (Å²) in [4.78, 5) is 14.5. The summed E-state index contributed by atoms with van der Waals surface area (Å²) in [6, 6.07) is 5.04. The van der Waals surface area contributed by atoms with Crippen molar-refractivity contribution in [2.24, 2.45) is 0 Å². The topological polar surface area (TPSA) is 81.5 Å². The monoisotopic (exact) mass is 393 g/mol. The first-order chi connectivity index (χ1) is 12.8. The fourth-order valence-corrected chi connectivity index (χ4v) is 4.98. The molecule has 7 nitrogen and oxygen atoms in total. The van der Waals surface area contributed by atoms with Gasteiger partial charge in [-0.05, 0) is 38.3 Å². The predicted molar refractivity (Wildman–Crippen MR) is 103 cm³/mol. The lowest BCUT2D eigenvalue weighted by Crippen LogP contribution is -2.34. The second-order valence-corrected chi connectivity index (χ2v) is 8.01. The number of sulfone groups is 1. The van der Waals surface area contributed by atoms with Crippen LogP contribution in [0.3, 0.4) is 0 Å². The average Bonchev–Trinajstić information content (AvgIpc) is 3.07. The molecule has 0 aliphatic heterocycles. The molecule has 2 rings (SSSR count). The Hall–Kier alpha value is -2.19. The number of hydrogen-bond donors (Lipinski definition) is 0. The van der Waals surface area contributed by atoms with Gasteiger partial charge in [0.15, 0.2) is 5.03 Å². The third kappa shape index (κ3) is 4.06. The van der Waals surface area contributed by atoms with Crippen LogP contribution in [0.15, 0.2) is 34.3 Å². The first-order valence-corrected chi connectivity index (χ1v) is 10.5. The smallest absolute Gasteiger partial charge is 0.344 e. The van der Waals surface area contributed by atoms with E-state index in [-0.39, 0.29) is 22.6 Å². The number of rotatable bonds is 7. The number of aromatic nitrogens is 2. The highest BCUT2D eigenvalue weighted by atomic mass is 32.2. The summed E-state index contributed by atoms with van der Waals surface area (Å²) in [6.45, 7) is 8.46. The minimum atomic E-state index is -3.90. The van der Waals surface area contributed by atoms with E-state index in [9.17, 15) is 13.2 Å². The van der Waals surface area contributed by atoms with Crippen molar-refractivity contribution >= 4 is 15.9 Å². The lowest BCUT2D eigenvalue weighted by Gasteiger charge is -2.17. The highest BCUT2D eigenvalue weighted by Gasteiger charge is 2.30. The number of aryl methyl sites for hydroxylation is 2. The summed E-state index contributed by atoms with van der Waals surface area (Å²) < 4.78 is 33.1. The molecule has 148 valence electrons. The van der Waals surface area contributed by atoms with Gasteiger partial charge in [0.2, 0.25) is 9.84 Å². The van der Waals surface area contributed by atoms with Gasteiger partial charge in [-0.25, -0.2) is 13.2 Å². The minimum Gasteiger partial charge on any atom is -0.380 e. The Morgan fingerprint density at radius 2 is 1.85 bits per heavy atom. The van der Waals surface area contributed by atoms with Crippen LogP contribution in [0.4, 0.5) is 4.79 Å². The second-order valence-electron chi connectivity index (χ2n) is 6.21. The van der Waals surface area contributed by atoms with Gasteiger partial charge in [-0.2, -0.15) is 9.78 Å². The molecule has 1 heterocycles. The molecule has 0 aliphatic rings. The quantitative estimate of drug-likeness (QED) is 0.722. The van der Waals surface area contributed by atoms with Crippen molar-refractivity contribution in [2.45, 2.75) is 50.6 Å². The molecule has 0 unspecified atom stereocenters. The van der Waals surface area contributed by atoms with Crippen LogP contribution in [0.5, 0.6) is 0 Å². The predicted octanol–water partition coefficient (Wildman–Crippen LogP) is 3.04.